The Balaban J connectivity index is 1.91. The van der Waals surface area contributed by atoms with Crippen LogP contribution in [-0.2, 0) is 28.5 Å². The molecular formula is C12H18O6S2. The molecule has 2 fully saturated rings. The van der Waals surface area contributed by atoms with Gasteiger partial charge in [0.1, 0.15) is 12.2 Å². The summed E-state index contributed by atoms with van der Waals surface area (Å²) in [4.78, 5) is 23.1. The Morgan fingerprint density at radius 2 is 1.30 bits per heavy atom. The van der Waals surface area contributed by atoms with Gasteiger partial charge >= 0.3 is 11.9 Å². The molecule has 0 spiro atoms. The lowest BCUT2D eigenvalue weighted by molar-refractivity contribution is -0.154. The number of ether oxygens (including phenoxy) is 4. The second-order valence-electron chi connectivity index (χ2n) is 4.90. The van der Waals surface area contributed by atoms with Gasteiger partial charge in [0.25, 0.3) is 0 Å². The third kappa shape index (κ3) is 3.41. The first kappa shape index (κ1) is 15.9. The van der Waals surface area contributed by atoms with Gasteiger partial charge in [0.2, 0.25) is 0 Å². The molecule has 20 heavy (non-hydrogen) atoms. The van der Waals surface area contributed by atoms with E-state index in [2.05, 4.69) is 25.3 Å². The Bertz CT molecular complexity index is 350. The second-order valence-corrected chi connectivity index (χ2v) is 6.45. The molecule has 8 heteroatoms. The van der Waals surface area contributed by atoms with E-state index < -0.39 is 46.9 Å². The van der Waals surface area contributed by atoms with Crippen LogP contribution in [0.1, 0.15) is 13.8 Å². The summed E-state index contributed by atoms with van der Waals surface area (Å²) in [7, 11) is 0. The monoisotopic (exact) mass is 322 g/mol. The Hall–Kier alpha value is -0.440. The predicted molar refractivity (Wildman–Crippen MR) is 76.1 cm³/mol. The van der Waals surface area contributed by atoms with E-state index in [1.165, 1.54) is 0 Å². The van der Waals surface area contributed by atoms with E-state index in [1.54, 1.807) is 13.8 Å². The van der Waals surface area contributed by atoms with Crippen molar-refractivity contribution in [3.8, 4) is 0 Å². The van der Waals surface area contributed by atoms with Crippen LogP contribution in [0.15, 0.2) is 0 Å². The number of hydrogen-bond acceptors (Lipinski definition) is 8. The minimum atomic E-state index is -0.505. The lowest BCUT2D eigenvalue weighted by Gasteiger charge is -2.18. The van der Waals surface area contributed by atoms with Crippen molar-refractivity contribution in [1.82, 2.24) is 0 Å². The molecule has 2 rings (SSSR count). The molecule has 2 unspecified atom stereocenters. The van der Waals surface area contributed by atoms with Gasteiger partial charge in [0.15, 0.2) is 12.2 Å². The topological polar surface area (TPSA) is 71.1 Å². The van der Waals surface area contributed by atoms with E-state index >= 15 is 0 Å². The van der Waals surface area contributed by atoms with Crippen molar-refractivity contribution in [1.29, 1.82) is 0 Å². The maximum Gasteiger partial charge on any atom is 0.318 e. The summed E-state index contributed by atoms with van der Waals surface area (Å²) in [6, 6.07) is 0. The molecule has 2 aliphatic heterocycles. The highest BCUT2D eigenvalue weighted by molar-refractivity contribution is 7.81. The van der Waals surface area contributed by atoms with Gasteiger partial charge in [-0.25, -0.2) is 0 Å². The molecule has 2 aliphatic rings. The van der Waals surface area contributed by atoms with Crippen LogP contribution in [-0.4, -0.2) is 60.1 Å². The van der Waals surface area contributed by atoms with E-state index in [0.29, 0.717) is 0 Å². The van der Waals surface area contributed by atoms with Gasteiger partial charge in [0, 0.05) is 0 Å². The maximum absolute atomic E-state index is 11.5. The molecule has 0 aromatic rings. The summed E-state index contributed by atoms with van der Waals surface area (Å²) < 4.78 is 21.6. The molecule has 114 valence electrons. The van der Waals surface area contributed by atoms with Crippen molar-refractivity contribution in [2.45, 2.75) is 48.8 Å². The van der Waals surface area contributed by atoms with Gasteiger partial charge in [0.05, 0.1) is 23.7 Å². The minimum absolute atomic E-state index is 0.228. The third-order valence-electron chi connectivity index (χ3n) is 3.18. The molecule has 0 aliphatic carbocycles. The molecule has 0 saturated carbocycles. The molecule has 6 nitrogen and oxygen atoms in total. The fourth-order valence-corrected chi connectivity index (χ4v) is 2.25. The smallest absolute Gasteiger partial charge is 0.318 e. The van der Waals surface area contributed by atoms with Crippen LogP contribution in [0.2, 0.25) is 0 Å². The van der Waals surface area contributed by atoms with Gasteiger partial charge in [-0.2, -0.15) is 25.3 Å². The second kappa shape index (κ2) is 6.55. The van der Waals surface area contributed by atoms with Crippen LogP contribution < -0.4 is 0 Å². The summed E-state index contributed by atoms with van der Waals surface area (Å²) in [6.07, 6.45) is -1.78. The number of thiol groups is 2. The molecule has 0 radical (unpaired) electrons. The quantitative estimate of drug-likeness (QED) is 0.571. The number of carbonyl (C=O) groups excluding carboxylic acids is 2. The highest BCUT2D eigenvalue weighted by Gasteiger charge is 2.51. The van der Waals surface area contributed by atoms with Crippen molar-refractivity contribution in [2.75, 3.05) is 13.2 Å². The highest BCUT2D eigenvalue weighted by atomic mass is 32.1. The van der Waals surface area contributed by atoms with Crippen molar-refractivity contribution < 1.29 is 28.5 Å². The SMILES string of the molecule is CC(S)C(=O)O[C@H]1CO[C@H]2[C@@H]1OC[C@H]2OC(=O)C(C)S. The van der Waals surface area contributed by atoms with E-state index in [9.17, 15) is 9.59 Å². The van der Waals surface area contributed by atoms with E-state index in [1.807, 2.05) is 0 Å². The van der Waals surface area contributed by atoms with E-state index in [4.69, 9.17) is 18.9 Å². The van der Waals surface area contributed by atoms with E-state index in [0.717, 1.165) is 0 Å². The summed E-state index contributed by atoms with van der Waals surface area (Å²) in [6.45, 7) is 3.72. The standard InChI is InChI=1S/C12H18O6S2/c1-5(19)11(13)17-7-3-15-10-8(4-16-9(7)10)18-12(14)6(2)20/h5-10,19-20H,3-4H2,1-2H3/t5?,6?,7-,8+,9-,10-/m1/s1. The molecule has 0 aromatic heterocycles. The molecule has 2 heterocycles. The van der Waals surface area contributed by atoms with Gasteiger partial charge in [-0.05, 0) is 13.8 Å². The summed E-state index contributed by atoms with van der Waals surface area (Å²) in [5.74, 6) is -0.841. The van der Waals surface area contributed by atoms with Crippen LogP contribution in [0, 0.1) is 0 Å². The van der Waals surface area contributed by atoms with Crippen LogP contribution in [0.4, 0.5) is 0 Å². The zero-order valence-corrected chi connectivity index (χ0v) is 13.0. The molecule has 0 N–H and O–H groups in total. The van der Waals surface area contributed by atoms with Gasteiger partial charge in [-0.15, -0.1) is 0 Å². The number of esters is 2. The first-order valence-corrected chi connectivity index (χ1v) is 7.43. The summed E-state index contributed by atoms with van der Waals surface area (Å²) >= 11 is 8.03. The van der Waals surface area contributed by atoms with Crippen LogP contribution in [0.3, 0.4) is 0 Å². The van der Waals surface area contributed by atoms with Crippen LogP contribution in [0.5, 0.6) is 0 Å². The van der Waals surface area contributed by atoms with E-state index in [-0.39, 0.29) is 13.2 Å². The normalized spacial score (nSPS) is 35.2. The first-order chi connectivity index (χ1) is 9.40. The number of fused-ring (bicyclic) bond motifs is 1. The maximum atomic E-state index is 11.5. The Labute approximate surface area is 128 Å². The molecule has 6 atom stereocenters. The zero-order valence-electron chi connectivity index (χ0n) is 11.2. The Morgan fingerprint density at radius 3 is 1.60 bits per heavy atom. The first-order valence-electron chi connectivity index (χ1n) is 6.40. The van der Waals surface area contributed by atoms with Gasteiger partial charge in [-0.3, -0.25) is 9.59 Å². The fraction of sp³-hybridized carbons (Fsp3) is 0.833. The number of carbonyl (C=O) groups is 2. The number of rotatable bonds is 4. The molecular weight excluding hydrogens is 304 g/mol. The lowest BCUT2D eigenvalue weighted by Crippen LogP contribution is -2.37. The van der Waals surface area contributed by atoms with Crippen molar-refractivity contribution in [2.24, 2.45) is 0 Å². The molecule has 2 saturated heterocycles. The van der Waals surface area contributed by atoms with Crippen LogP contribution in [0.25, 0.3) is 0 Å². The Kier molecular flexibility index (Phi) is 5.22. The average Bonchev–Trinajstić information content (AvgIpc) is 2.93. The Morgan fingerprint density at radius 1 is 0.950 bits per heavy atom. The van der Waals surface area contributed by atoms with Crippen LogP contribution >= 0.6 is 25.3 Å². The third-order valence-corrected chi connectivity index (χ3v) is 3.60. The molecule has 0 bridgehead atoms. The largest absolute Gasteiger partial charge is 0.456 e. The van der Waals surface area contributed by atoms with Crippen molar-refractivity contribution in [3.63, 3.8) is 0 Å². The zero-order chi connectivity index (χ0) is 14.9. The average molecular weight is 322 g/mol. The predicted octanol–water partition coefficient (Wildman–Crippen LogP) is 0.244. The molecule has 0 aromatic carbocycles. The number of hydrogen-bond donors (Lipinski definition) is 2. The van der Waals surface area contributed by atoms with Crippen molar-refractivity contribution >= 4 is 37.2 Å². The minimum Gasteiger partial charge on any atom is -0.456 e. The van der Waals surface area contributed by atoms with Gasteiger partial charge in [-0.1, -0.05) is 0 Å². The lowest BCUT2D eigenvalue weighted by atomic mass is 10.1. The summed E-state index contributed by atoms with van der Waals surface area (Å²) in [5.41, 5.74) is 0. The van der Waals surface area contributed by atoms with Gasteiger partial charge < -0.3 is 18.9 Å². The molecule has 0 amide bonds. The summed E-state index contributed by atoms with van der Waals surface area (Å²) in [5, 5.41) is -1.01. The van der Waals surface area contributed by atoms with Crippen molar-refractivity contribution in [3.05, 3.63) is 0 Å². The fourth-order valence-electron chi connectivity index (χ4n) is 2.13. The highest BCUT2D eigenvalue weighted by Crippen LogP contribution is 2.31.